The fourth-order valence-corrected chi connectivity index (χ4v) is 12.1. The number of hydrogen-bond acceptors (Lipinski definition) is 4. The van der Waals surface area contributed by atoms with Gasteiger partial charge in [-0.2, -0.15) is 0 Å². The SMILES string of the molecule is Cc1cc2c3c(c1)N(c1c(C)cc(-c4csc5ccccc45)cc1C)c1sc4ccc(C(C)(C)C)cc4c1B3c1cc(C(C)(C)C)ccc1N2c1ccc(C(C)(C)C)cc1. The summed E-state index contributed by atoms with van der Waals surface area (Å²) in [6.07, 6.45) is 0. The average molecular weight is 819 g/mol. The second-order valence-corrected chi connectivity index (χ2v) is 22.5. The molecular weight excluding hydrogens is 764 g/mol. The molecule has 0 spiro atoms. The summed E-state index contributed by atoms with van der Waals surface area (Å²) in [5.74, 6) is 0. The highest BCUT2D eigenvalue weighted by Gasteiger charge is 2.46. The summed E-state index contributed by atoms with van der Waals surface area (Å²) < 4.78 is 2.67. The van der Waals surface area contributed by atoms with E-state index in [0.717, 1.165) is 0 Å². The van der Waals surface area contributed by atoms with Gasteiger partial charge >= 0.3 is 0 Å². The molecule has 8 aromatic rings. The number of fused-ring (bicyclic) bond motifs is 7. The molecule has 2 aliphatic rings. The summed E-state index contributed by atoms with van der Waals surface area (Å²) in [5.41, 5.74) is 21.1. The third-order valence-electron chi connectivity index (χ3n) is 13.1. The number of anilines is 6. The van der Waals surface area contributed by atoms with Crippen molar-refractivity contribution in [1.82, 2.24) is 0 Å². The zero-order valence-electron chi connectivity index (χ0n) is 37.3. The lowest BCUT2D eigenvalue weighted by Crippen LogP contribution is -2.61. The molecule has 0 atom stereocenters. The molecule has 0 saturated heterocycles. The first kappa shape index (κ1) is 39.1. The minimum Gasteiger partial charge on any atom is -0.311 e. The summed E-state index contributed by atoms with van der Waals surface area (Å²) in [6.45, 7) is 28.0. The van der Waals surface area contributed by atoms with Crippen LogP contribution in [0.25, 0.3) is 31.3 Å². The summed E-state index contributed by atoms with van der Waals surface area (Å²) in [7, 11) is 0. The van der Waals surface area contributed by atoms with Gasteiger partial charge in [0.15, 0.2) is 0 Å². The zero-order chi connectivity index (χ0) is 42.2. The second-order valence-electron chi connectivity index (χ2n) is 20.5. The number of nitrogens with zero attached hydrogens (tertiary/aromatic N) is 2. The highest BCUT2D eigenvalue weighted by atomic mass is 32.1. The first-order chi connectivity index (χ1) is 28.4. The molecule has 2 aromatic heterocycles. The highest BCUT2D eigenvalue weighted by Crippen LogP contribution is 2.51. The van der Waals surface area contributed by atoms with Gasteiger partial charge in [0.2, 0.25) is 0 Å². The normalized spacial score (nSPS) is 13.9. The van der Waals surface area contributed by atoms with Crippen molar-refractivity contribution < 1.29 is 0 Å². The van der Waals surface area contributed by atoms with Crippen molar-refractivity contribution in [2.45, 2.75) is 99.3 Å². The monoisotopic (exact) mass is 818 g/mol. The maximum Gasteiger partial charge on any atom is 0.254 e. The van der Waals surface area contributed by atoms with Crippen molar-refractivity contribution in [2.24, 2.45) is 0 Å². The first-order valence-corrected chi connectivity index (χ1v) is 23.2. The molecule has 4 heterocycles. The van der Waals surface area contributed by atoms with Gasteiger partial charge in [0.25, 0.3) is 6.71 Å². The Kier molecular flexibility index (Phi) is 8.76. The Morgan fingerprint density at radius 2 is 1.12 bits per heavy atom. The minimum absolute atomic E-state index is 0.00595. The molecule has 2 nitrogen and oxygen atoms in total. The molecule has 0 N–H and O–H groups in total. The van der Waals surface area contributed by atoms with E-state index in [0.29, 0.717) is 0 Å². The van der Waals surface area contributed by atoms with Gasteiger partial charge < -0.3 is 9.80 Å². The van der Waals surface area contributed by atoms with E-state index >= 15 is 0 Å². The van der Waals surface area contributed by atoms with E-state index < -0.39 is 0 Å². The predicted molar refractivity (Wildman–Crippen MR) is 267 cm³/mol. The third kappa shape index (κ3) is 6.10. The van der Waals surface area contributed by atoms with Crippen LogP contribution in [0, 0.1) is 20.8 Å². The summed E-state index contributed by atoms with van der Waals surface area (Å²) in [4.78, 5) is 5.23. The molecule has 0 fully saturated rings. The van der Waals surface area contributed by atoms with Crippen LogP contribution in [0.1, 0.15) is 95.7 Å². The molecule has 0 radical (unpaired) electrons. The number of aryl methyl sites for hydroxylation is 3. The summed E-state index contributed by atoms with van der Waals surface area (Å²) in [5, 5.41) is 6.37. The molecule has 0 amide bonds. The molecule has 6 aromatic carbocycles. The topological polar surface area (TPSA) is 6.48 Å². The smallest absolute Gasteiger partial charge is 0.254 e. The Labute approximate surface area is 365 Å². The Morgan fingerprint density at radius 3 is 1.78 bits per heavy atom. The standard InChI is InChI=1S/C55H55BN2S2/c1-32-25-45-50-46(26-32)58(51-33(2)27-35(28-34(51)3)42-31-59-47-16-14-13-15-40(42)47)52-49(41-29-37(54(7,8)9)20-24-48(41)60-52)56(50)43-30-38(55(10,11)12)19-23-44(43)57(45)39-21-17-36(18-22-39)53(4,5)6/h13-31H,1-12H3. The lowest BCUT2D eigenvalue weighted by atomic mass is 9.33. The maximum atomic E-state index is 2.67. The third-order valence-corrected chi connectivity index (χ3v) is 15.2. The average Bonchev–Trinajstić information content (AvgIpc) is 3.79. The predicted octanol–water partition coefficient (Wildman–Crippen LogP) is 14.7. The van der Waals surface area contributed by atoms with Gasteiger partial charge in [-0.15, -0.1) is 22.7 Å². The largest absolute Gasteiger partial charge is 0.311 e. The van der Waals surface area contributed by atoms with Gasteiger partial charge in [0, 0.05) is 43.1 Å². The molecular formula is C55H55BN2S2. The summed E-state index contributed by atoms with van der Waals surface area (Å²) in [6, 6.07) is 42.6. The molecule has 0 bridgehead atoms. The van der Waals surface area contributed by atoms with Crippen LogP contribution in [0.4, 0.5) is 33.4 Å². The lowest BCUT2D eigenvalue weighted by Gasteiger charge is -2.44. The van der Waals surface area contributed by atoms with Crippen LogP contribution in [0.3, 0.4) is 0 Å². The van der Waals surface area contributed by atoms with Crippen molar-refractivity contribution in [1.29, 1.82) is 0 Å². The van der Waals surface area contributed by atoms with Crippen molar-refractivity contribution in [3.8, 4) is 11.1 Å². The van der Waals surface area contributed by atoms with E-state index in [1.54, 1.807) is 0 Å². The molecule has 5 heteroatoms. The fourth-order valence-electron chi connectivity index (χ4n) is 9.87. The van der Waals surface area contributed by atoms with Gasteiger partial charge in [-0.3, -0.25) is 0 Å². The van der Waals surface area contributed by atoms with E-state index in [4.69, 9.17) is 0 Å². The number of thiophene rings is 2. The van der Waals surface area contributed by atoms with Gasteiger partial charge in [0.05, 0.1) is 10.7 Å². The van der Waals surface area contributed by atoms with Crippen LogP contribution in [-0.2, 0) is 16.2 Å². The van der Waals surface area contributed by atoms with E-state index in [2.05, 4.69) is 207 Å². The van der Waals surface area contributed by atoms with Crippen LogP contribution in [0.2, 0.25) is 0 Å². The van der Waals surface area contributed by atoms with Crippen LogP contribution >= 0.6 is 22.7 Å². The molecule has 0 unspecified atom stereocenters. The van der Waals surface area contributed by atoms with Gasteiger partial charge in [-0.25, -0.2) is 0 Å². The van der Waals surface area contributed by atoms with Crippen molar-refractivity contribution >= 4 is 99.4 Å². The molecule has 0 aliphatic carbocycles. The van der Waals surface area contributed by atoms with Crippen LogP contribution in [-0.4, -0.2) is 6.71 Å². The van der Waals surface area contributed by atoms with Gasteiger partial charge in [-0.1, -0.05) is 117 Å². The fraction of sp³-hybridized carbons (Fsp3) is 0.273. The van der Waals surface area contributed by atoms with E-state index in [1.165, 1.54) is 115 Å². The number of rotatable bonds is 3. The van der Waals surface area contributed by atoms with E-state index in [-0.39, 0.29) is 23.0 Å². The number of hydrogen-bond donors (Lipinski definition) is 0. The molecule has 2 aliphatic heterocycles. The summed E-state index contributed by atoms with van der Waals surface area (Å²) >= 11 is 3.80. The van der Waals surface area contributed by atoms with Gasteiger partial charge in [0.1, 0.15) is 0 Å². The van der Waals surface area contributed by atoms with Crippen molar-refractivity contribution in [3.63, 3.8) is 0 Å². The van der Waals surface area contributed by atoms with Gasteiger partial charge in [-0.05, 0) is 158 Å². The Bertz CT molecular complexity index is 3010. The minimum atomic E-state index is -0.00595. The van der Waals surface area contributed by atoms with E-state index in [9.17, 15) is 0 Å². The van der Waals surface area contributed by atoms with Crippen LogP contribution in [0.5, 0.6) is 0 Å². The quantitative estimate of drug-likeness (QED) is 0.164. The molecule has 300 valence electrons. The molecule has 60 heavy (non-hydrogen) atoms. The lowest BCUT2D eigenvalue weighted by molar-refractivity contribution is 0.590. The van der Waals surface area contributed by atoms with Crippen molar-refractivity contribution in [2.75, 3.05) is 9.80 Å². The number of benzene rings is 6. The van der Waals surface area contributed by atoms with Crippen molar-refractivity contribution in [3.05, 3.63) is 148 Å². The maximum absolute atomic E-state index is 2.67. The first-order valence-electron chi connectivity index (χ1n) is 21.5. The van der Waals surface area contributed by atoms with Crippen LogP contribution in [0.15, 0.2) is 115 Å². The molecule has 10 rings (SSSR count). The molecule has 0 saturated carbocycles. The zero-order valence-corrected chi connectivity index (χ0v) is 38.9. The Hall–Kier alpha value is -5.10. The Balaban J connectivity index is 1.29. The van der Waals surface area contributed by atoms with Crippen LogP contribution < -0.4 is 26.2 Å². The van der Waals surface area contributed by atoms with E-state index in [1.807, 2.05) is 22.7 Å². The highest BCUT2D eigenvalue weighted by molar-refractivity contribution is 7.26. The second kappa shape index (κ2) is 13.5. The Morgan fingerprint density at radius 1 is 0.517 bits per heavy atom.